The fourth-order valence-electron chi connectivity index (χ4n) is 5.11. The minimum Gasteiger partial charge on any atom is -0.490 e. The van der Waals surface area contributed by atoms with Crippen molar-refractivity contribution in [3.8, 4) is 5.75 Å². The van der Waals surface area contributed by atoms with Crippen molar-refractivity contribution in [3.63, 3.8) is 0 Å². The Morgan fingerprint density at radius 1 is 0.860 bits per heavy atom. The van der Waals surface area contributed by atoms with Gasteiger partial charge in [-0.2, -0.15) is 4.98 Å². The van der Waals surface area contributed by atoms with Crippen molar-refractivity contribution in [2.45, 2.75) is 11.8 Å². The van der Waals surface area contributed by atoms with Crippen molar-refractivity contribution in [3.05, 3.63) is 48.8 Å². The first-order valence-electron chi connectivity index (χ1n) is 14.7. The monoisotopic (exact) mass is 610 g/mol. The number of anilines is 5. The number of para-hydroxylation sites is 1. The quantitative estimate of drug-likeness (QED) is 0.277. The van der Waals surface area contributed by atoms with E-state index in [9.17, 15) is 8.42 Å². The van der Waals surface area contributed by atoms with E-state index in [4.69, 9.17) is 4.74 Å². The molecule has 0 atom stereocenters. The molecule has 0 aliphatic carbocycles. The number of nitrogens with zero attached hydrogens (tertiary/aromatic N) is 7. The summed E-state index contributed by atoms with van der Waals surface area (Å²) in [6.07, 6.45) is 1.38. The number of ether oxygens (including phenoxy) is 1. The van der Waals surface area contributed by atoms with Gasteiger partial charge in [0.25, 0.3) is 0 Å². The average Bonchev–Trinajstić information content (AvgIpc) is 2.99. The van der Waals surface area contributed by atoms with Crippen LogP contribution in [0.4, 0.5) is 29.0 Å². The van der Waals surface area contributed by atoms with Crippen LogP contribution in [-0.2, 0) is 10.0 Å². The number of sulfonamides is 1. The van der Waals surface area contributed by atoms with Gasteiger partial charge >= 0.3 is 0 Å². The summed E-state index contributed by atoms with van der Waals surface area (Å²) in [5, 5.41) is 6.29. The standard InChI is InChI=1S/C29H42N10O3S/c1-4-32-43(40,41)27-8-6-5-7-24(27)34-29-31-22-30-28(35-29)33-23-9-10-25(39-17-13-37(3)14-18-39)26(21-23)42-20-19-38-15-11-36(2)12-16-38/h5-10,21-22,32H,4,11-20H2,1-3H3,(H2,30,31,33,34,35). The first kappa shape index (κ1) is 30.9. The van der Waals surface area contributed by atoms with Crippen LogP contribution < -0.4 is 25.0 Å². The zero-order valence-electron chi connectivity index (χ0n) is 25.2. The highest BCUT2D eigenvalue weighted by Crippen LogP contribution is 2.33. The van der Waals surface area contributed by atoms with Gasteiger partial charge in [0, 0.05) is 77.2 Å². The van der Waals surface area contributed by atoms with Crippen LogP contribution in [0.1, 0.15) is 6.92 Å². The number of hydrogen-bond donors (Lipinski definition) is 3. The largest absolute Gasteiger partial charge is 0.490 e. The van der Waals surface area contributed by atoms with Gasteiger partial charge < -0.3 is 30.1 Å². The average molecular weight is 611 g/mol. The summed E-state index contributed by atoms with van der Waals surface area (Å²) in [7, 11) is 0.626. The molecule has 5 rings (SSSR count). The lowest BCUT2D eigenvalue weighted by molar-refractivity contribution is 0.134. The van der Waals surface area contributed by atoms with Crippen LogP contribution in [0.5, 0.6) is 5.75 Å². The van der Waals surface area contributed by atoms with E-state index in [2.05, 4.69) is 70.1 Å². The molecule has 2 saturated heterocycles. The summed E-state index contributed by atoms with van der Waals surface area (Å²) in [6, 6.07) is 12.7. The molecule has 0 radical (unpaired) electrons. The highest BCUT2D eigenvalue weighted by molar-refractivity contribution is 7.89. The molecular formula is C29H42N10O3S. The Labute approximate surface area is 254 Å². The summed E-state index contributed by atoms with van der Waals surface area (Å²) in [6.45, 7) is 11.6. The predicted octanol–water partition coefficient (Wildman–Crippen LogP) is 2.04. The topological polar surface area (TPSA) is 131 Å². The maximum Gasteiger partial charge on any atom is 0.242 e. The van der Waals surface area contributed by atoms with Crippen molar-refractivity contribution in [2.75, 3.05) is 102 Å². The molecule has 232 valence electrons. The van der Waals surface area contributed by atoms with Gasteiger partial charge in [0.2, 0.25) is 21.9 Å². The molecule has 13 nitrogen and oxygen atoms in total. The first-order chi connectivity index (χ1) is 20.8. The molecule has 2 aromatic carbocycles. The second-order valence-electron chi connectivity index (χ2n) is 10.8. The summed E-state index contributed by atoms with van der Waals surface area (Å²) in [5.74, 6) is 1.35. The molecule has 2 aliphatic rings. The minimum atomic E-state index is -3.68. The number of rotatable bonds is 12. The summed E-state index contributed by atoms with van der Waals surface area (Å²) >= 11 is 0. The number of aromatic nitrogens is 3. The van der Waals surface area contributed by atoms with Crippen molar-refractivity contribution in [1.82, 2.24) is 34.4 Å². The second kappa shape index (κ2) is 14.3. The van der Waals surface area contributed by atoms with Crippen molar-refractivity contribution < 1.29 is 13.2 Å². The van der Waals surface area contributed by atoms with E-state index in [0.29, 0.717) is 18.2 Å². The van der Waals surface area contributed by atoms with Gasteiger partial charge in [-0.3, -0.25) is 4.90 Å². The fourth-order valence-corrected chi connectivity index (χ4v) is 6.31. The molecule has 14 heteroatoms. The molecular weight excluding hydrogens is 568 g/mol. The van der Waals surface area contributed by atoms with Gasteiger partial charge in [-0.1, -0.05) is 19.1 Å². The van der Waals surface area contributed by atoms with Gasteiger partial charge in [-0.15, -0.1) is 0 Å². The third-order valence-corrected chi connectivity index (χ3v) is 9.25. The number of piperazine rings is 2. The Morgan fingerprint density at radius 3 is 2.26 bits per heavy atom. The zero-order valence-corrected chi connectivity index (χ0v) is 26.0. The molecule has 0 spiro atoms. The third-order valence-electron chi connectivity index (χ3n) is 7.65. The highest BCUT2D eigenvalue weighted by atomic mass is 32.2. The Balaban J connectivity index is 1.31. The Morgan fingerprint density at radius 2 is 1.53 bits per heavy atom. The lowest BCUT2D eigenvalue weighted by Gasteiger charge is -2.35. The van der Waals surface area contributed by atoms with E-state index < -0.39 is 10.0 Å². The number of hydrogen-bond acceptors (Lipinski definition) is 12. The van der Waals surface area contributed by atoms with E-state index in [1.54, 1.807) is 25.1 Å². The number of likely N-dealkylation sites (N-methyl/N-ethyl adjacent to an activating group) is 2. The van der Waals surface area contributed by atoms with E-state index in [1.165, 1.54) is 12.4 Å². The molecule has 1 aromatic heterocycles. The lowest BCUT2D eigenvalue weighted by atomic mass is 10.2. The van der Waals surface area contributed by atoms with Crippen LogP contribution >= 0.6 is 0 Å². The Kier molecular flexibility index (Phi) is 10.3. The maximum atomic E-state index is 12.7. The van der Waals surface area contributed by atoms with Crippen LogP contribution in [0.3, 0.4) is 0 Å². The summed E-state index contributed by atoms with van der Waals surface area (Å²) in [4.78, 5) is 22.6. The number of benzene rings is 2. The van der Waals surface area contributed by atoms with Crippen LogP contribution in [0, 0.1) is 0 Å². The SMILES string of the molecule is CCNS(=O)(=O)c1ccccc1Nc1ncnc(Nc2ccc(N3CCN(C)CC3)c(OCCN3CCN(C)CC3)c2)n1. The lowest BCUT2D eigenvalue weighted by Crippen LogP contribution is -2.46. The Bertz CT molecular complexity index is 1460. The van der Waals surface area contributed by atoms with E-state index in [1.807, 2.05) is 12.1 Å². The van der Waals surface area contributed by atoms with Crippen LogP contribution in [0.2, 0.25) is 0 Å². The van der Waals surface area contributed by atoms with E-state index in [-0.39, 0.29) is 17.4 Å². The Hall–Kier alpha value is -3.56. The van der Waals surface area contributed by atoms with Gasteiger partial charge in [0.05, 0.1) is 11.4 Å². The number of nitrogens with one attached hydrogen (secondary N) is 3. The van der Waals surface area contributed by atoms with Crippen LogP contribution in [0.15, 0.2) is 53.7 Å². The summed E-state index contributed by atoms with van der Waals surface area (Å²) in [5.41, 5.74) is 2.22. The highest BCUT2D eigenvalue weighted by Gasteiger charge is 2.20. The van der Waals surface area contributed by atoms with Gasteiger partial charge in [0.15, 0.2) is 0 Å². The normalized spacial score (nSPS) is 17.1. The first-order valence-corrected chi connectivity index (χ1v) is 16.2. The van der Waals surface area contributed by atoms with E-state index >= 15 is 0 Å². The molecule has 2 aliphatic heterocycles. The molecule has 0 saturated carbocycles. The molecule has 0 bridgehead atoms. The van der Waals surface area contributed by atoms with Crippen molar-refractivity contribution >= 4 is 39.0 Å². The van der Waals surface area contributed by atoms with Gasteiger partial charge in [-0.05, 0) is 38.4 Å². The molecule has 2 fully saturated rings. The van der Waals surface area contributed by atoms with Gasteiger partial charge in [-0.25, -0.2) is 23.1 Å². The van der Waals surface area contributed by atoms with Crippen molar-refractivity contribution in [2.24, 2.45) is 0 Å². The molecule has 43 heavy (non-hydrogen) atoms. The second-order valence-corrected chi connectivity index (χ2v) is 12.6. The molecule has 0 unspecified atom stereocenters. The van der Waals surface area contributed by atoms with Crippen LogP contribution in [-0.4, -0.2) is 124 Å². The minimum absolute atomic E-state index is 0.115. The molecule has 0 amide bonds. The zero-order chi connectivity index (χ0) is 30.2. The van der Waals surface area contributed by atoms with Crippen molar-refractivity contribution in [1.29, 1.82) is 0 Å². The fraction of sp³-hybridized carbons (Fsp3) is 0.483. The van der Waals surface area contributed by atoms with Gasteiger partial charge in [0.1, 0.15) is 23.6 Å². The molecule has 3 N–H and O–H groups in total. The predicted molar refractivity (Wildman–Crippen MR) is 169 cm³/mol. The molecule has 3 aromatic rings. The third kappa shape index (κ3) is 8.30. The maximum absolute atomic E-state index is 12.7. The summed E-state index contributed by atoms with van der Waals surface area (Å²) < 4.78 is 34.3. The smallest absolute Gasteiger partial charge is 0.242 e. The van der Waals surface area contributed by atoms with Crippen LogP contribution in [0.25, 0.3) is 0 Å². The molecule has 3 heterocycles. The van der Waals surface area contributed by atoms with E-state index in [0.717, 1.165) is 76.0 Å².